The number of benzene rings is 20. The molecule has 5 unspecified atom stereocenters. The minimum absolute atomic E-state index is 0.719. The van der Waals surface area contributed by atoms with Crippen molar-refractivity contribution in [1.29, 1.82) is 0 Å². The van der Waals surface area contributed by atoms with Crippen LogP contribution in [0.2, 0.25) is 0 Å². The molecular formula is C135H85N10P5. The van der Waals surface area contributed by atoms with Crippen molar-refractivity contribution in [3.63, 3.8) is 0 Å². The SMILES string of the molecule is c1ccc2c(c1)-c1cc3ccccc3cc1N1c3ncccc3-c3ccccc3P21.c1ccc2c(c1)-c1ccc3ccccc3c1N1c3cccnc3-c3ccccc3P21.c1ccc2c(c1)-c1cccnc1N1c3c(ccc4ccccc34)-c3ccccc3P21.c1ccc2c(c1)-c1ccncc1N1c3c(ccc4ccccc34)-c3ccccc3P21.c1ccc2c(c1)-c1cnccc1N1c3c(ccc4ccccc34)-c3ccccc3P21. The molecule has 0 spiro atoms. The summed E-state index contributed by atoms with van der Waals surface area (Å²) in [6.45, 7) is 0. The van der Waals surface area contributed by atoms with E-state index in [1.165, 1.54) is 258 Å². The van der Waals surface area contributed by atoms with Gasteiger partial charge >= 0.3 is 0 Å². The summed E-state index contributed by atoms with van der Waals surface area (Å²) < 4.78 is 12.8. The fraction of sp³-hybridized carbons (Fsp3) is 0. The largest absolute Gasteiger partial charge is 0.310 e. The number of aromatic nitrogens is 5. The molecule has 0 radical (unpaired) electrons. The van der Waals surface area contributed by atoms with Crippen molar-refractivity contribution >= 4 is 204 Å². The summed E-state index contributed by atoms with van der Waals surface area (Å²) in [6.07, 6.45) is 13.6. The molecule has 0 bridgehead atoms. The summed E-state index contributed by atoms with van der Waals surface area (Å²) >= 11 is 0. The molecule has 700 valence electrons. The van der Waals surface area contributed by atoms with Crippen LogP contribution in [0.1, 0.15) is 0 Å². The fourth-order valence-corrected chi connectivity index (χ4v) is 38.3. The summed E-state index contributed by atoms with van der Waals surface area (Å²) in [5.41, 5.74) is 35.9. The quantitative estimate of drug-likeness (QED) is 0.137. The Bertz CT molecular complexity index is 9010. The summed E-state index contributed by atoms with van der Waals surface area (Å²) in [5, 5.41) is 26.9. The zero-order chi connectivity index (χ0) is 98.3. The van der Waals surface area contributed by atoms with Crippen LogP contribution in [-0.4, -0.2) is 24.9 Å². The van der Waals surface area contributed by atoms with Crippen molar-refractivity contribution in [3.05, 3.63) is 517 Å². The molecule has 150 heavy (non-hydrogen) atoms. The number of hydrogen-bond donors (Lipinski definition) is 0. The number of fused-ring (bicyclic) bond motifs is 64. The van der Waals surface area contributed by atoms with Crippen molar-refractivity contribution in [1.82, 2.24) is 24.9 Å². The van der Waals surface area contributed by atoms with E-state index in [0.29, 0.717) is 0 Å². The van der Waals surface area contributed by atoms with Crippen LogP contribution >= 0.6 is 40.4 Å². The highest BCUT2D eigenvalue weighted by Crippen LogP contribution is 2.69. The predicted molar refractivity (Wildman–Crippen MR) is 637 cm³/mol. The van der Waals surface area contributed by atoms with Gasteiger partial charge in [-0.2, -0.15) is 0 Å². The van der Waals surface area contributed by atoms with Gasteiger partial charge in [0, 0.05) is 167 Å². The third-order valence-corrected chi connectivity index (χ3v) is 43.3. The maximum Gasteiger partial charge on any atom is 0.144 e. The molecule has 5 atom stereocenters. The first-order valence-electron chi connectivity index (χ1n) is 50.8. The predicted octanol–water partition coefficient (Wildman–Crippen LogP) is 31.9. The van der Waals surface area contributed by atoms with E-state index in [2.05, 4.69) is 494 Å². The smallest absolute Gasteiger partial charge is 0.144 e. The molecule has 0 saturated carbocycles. The van der Waals surface area contributed by atoms with Crippen molar-refractivity contribution in [2.24, 2.45) is 0 Å². The minimum Gasteiger partial charge on any atom is -0.310 e. The van der Waals surface area contributed by atoms with Crippen molar-refractivity contribution in [3.8, 4) is 111 Å². The first kappa shape index (κ1) is 86.9. The number of nitrogens with zero attached hydrogens (tertiary/aromatic N) is 10. The molecule has 10 aliphatic heterocycles. The third kappa shape index (κ3) is 13.3. The highest BCUT2D eigenvalue weighted by atomic mass is 31.1. The fourth-order valence-electron chi connectivity index (χ4n) is 24.5. The second kappa shape index (κ2) is 35.2. The van der Waals surface area contributed by atoms with Gasteiger partial charge in [-0.15, -0.1) is 0 Å². The van der Waals surface area contributed by atoms with Crippen LogP contribution in [0.5, 0.6) is 0 Å². The first-order valence-corrected chi connectivity index (χ1v) is 57.3. The van der Waals surface area contributed by atoms with Crippen LogP contribution in [0.4, 0.5) is 57.1 Å². The van der Waals surface area contributed by atoms with E-state index in [9.17, 15) is 0 Å². The summed E-state index contributed by atoms with van der Waals surface area (Å²) in [4.78, 5) is 23.7. The molecule has 5 aromatic heterocycles. The van der Waals surface area contributed by atoms with Gasteiger partial charge in [-0.3, -0.25) is 24.3 Å². The van der Waals surface area contributed by atoms with Crippen molar-refractivity contribution in [2.45, 2.75) is 0 Å². The second-order valence-corrected chi connectivity index (χ2v) is 48.6. The number of pyridine rings is 5. The number of anilines is 10. The van der Waals surface area contributed by atoms with Gasteiger partial charge in [-0.1, -0.05) is 413 Å². The Morgan fingerprint density at radius 1 is 0.147 bits per heavy atom. The van der Waals surface area contributed by atoms with Gasteiger partial charge in [-0.05, 0) is 143 Å². The average Bonchev–Trinajstić information content (AvgIpc) is 0.710. The highest BCUT2D eigenvalue weighted by Gasteiger charge is 2.48. The normalized spacial score (nSPS) is 15.6. The van der Waals surface area contributed by atoms with E-state index in [0.717, 1.165) is 17.3 Å². The standard InChI is InChI=1S/5C27H17N2P/c1-2-9-19-18(8-1)15-16-21-20-10-3-5-13-24(20)30-25-14-6-4-11-22(25)26-23(12-7-17-28-26)29(30)27(19)21;1-2-9-19-18(8-1)15-16-22-20-10-3-5-13-24(20)30-25-14-6-4-11-21(25)23-12-7-17-28-27(23)29(30)26(19)22;1-2-9-19-17-24-23(16-18(19)8-1)21-11-4-6-14-26(21)30-25-13-5-3-10-20(25)22-12-7-15-28-27(22)29(24)30;1-2-8-19-18(7-1)13-14-23-22-10-4-6-12-26(22)30-25-11-5-3-9-21(25)20-15-16-28-17-24(20)29(30)27(19)23;1-2-8-19-18(7-1)13-14-22-20-9-3-5-11-25(20)30-26-12-6-4-10-21(26)23-17-28-16-15-24(23)29(30)27(19)22/h5*1-17H. The first-order chi connectivity index (χ1) is 74.6. The Morgan fingerprint density at radius 2 is 0.427 bits per heavy atom. The van der Waals surface area contributed by atoms with Gasteiger partial charge < -0.3 is 14.0 Å². The molecule has 0 saturated heterocycles. The van der Waals surface area contributed by atoms with E-state index < -0.39 is 40.4 Å². The molecule has 15 heterocycles. The van der Waals surface area contributed by atoms with Crippen LogP contribution in [0.15, 0.2) is 517 Å². The Labute approximate surface area is 874 Å². The Hall–Kier alpha value is -17.4. The van der Waals surface area contributed by atoms with Crippen LogP contribution in [0.25, 0.3) is 165 Å². The highest BCUT2D eigenvalue weighted by molar-refractivity contribution is 7.77. The van der Waals surface area contributed by atoms with Crippen LogP contribution in [-0.2, 0) is 0 Å². The molecular weight excluding hydrogens is 1920 g/mol. The monoisotopic (exact) mass is 2000 g/mol. The van der Waals surface area contributed by atoms with E-state index >= 15 is 0 Å². The minimum atomic E-state index is -0.754. The lowest BCUT2D eigenvalue weighted by Crippen LogP contribution is -2.34. The summed E-state index contributed by atoms with van der Waals surface area (Å²) in [5.74, 6) is 2.13. The molecule has 15 heteroatoms. The molecule has 35 rings (SSSR count). The van der Waals surface area contributed by atoms with Crippen molar-refractivity contribution < 1.29 is 0 Å². The maximum absolute atomic E-state index is 4.92. The average molecular weight is 2000 g/mol. The van der Waals surface area contributed by atoms with Crippen LogP contribution in [0.3, 0.4) is 0 Å². The molecule has 20 aromatic carbocycles. The Kier molecular flexibility index (Phi) is 20.4. The summed E-state index contributed by atoms with van der Waals surface area (Å²) in [6, 6.07) is 172. The lowest BCUT2D eigenvalue weighted by molar-refractivity contribution is 1.24. The van der Waals surface area contributed by atoms with Gasteiger partial charge in [0.1, 0.15) is 11.6 Å². The zero-order valence-corrected chi connectivity index (χ0v) is 85.3. The summed E-state index contributed by atoms with van der Waals surface area (Å²) in [7, 11) is -3.67. The second-order valence-electron chi connectivity index (χ2n) is 38.6. The van der Waals surface area contributed by atoms with Crippen LogP contribution in [0, 0.1) is 0 Å². The molecule has 0 N–H and O–H groups in total. The van der Waals surface area contributed by atoms with Gasteiger partial charge in [-0.25, -0.2) is 9.97 Å². The van der Waals surface area contributed by atoms with Crippen molar-refractivity contribution in [2.75, 3.05) is 23.4 Å². The van der Waals surface area contributed by atoms with E-state index in [-0.39, 0.29) is 0 Å². The van der Waals surface area contributed by atoms with E-state index in [4.69, 9.17) is 15.0 Å². The van der Waals surface area contributed by atoms with Crippen LogP contribution < -0.4 is 76.4 Å². The molecule has 25 aromatic rings. The zero-order valence-electron chi connectivity index (χ0n) is 80.8. The number of rotatable bonds is 0. The molecule has 0 fully saturated rings. The topological polar surface area (TPSA) is 80.7 Å². The molecule has 10 nitrogen and oxygen atoms in total. The molecule has 10 aliphatic rings. The van der Waals surface area contributed by atoms with Gasteiger partial charge in [0.2, 0.25) is 0 Å². The molecule has 0 aliphatic carbocycles. The third-order valence-electron chi connectivity index (χ3n) is 30.8. The van der Waals surface area contributed by atoms with Gasteiger partial charge in [0.05, 0.1) is 97.8 Å². The Balaban J connectivity index is 0.0000000844. The van der Waals surface area contributed by atoms with Gasteiger partial charge in [0.25, 0.3) is 0 Å². The lowest BCUT2D eigenvalue weighted by atomic mass is 9.96. The Morgan fingerprint density at radius 3 is 0.853 bits per heavy atom. The maximum atomic E-state index is 4.92. The van der Waals surface area contributed by atoms with Gasteiger partial charge in [0.15, 0.2) is 0 Å². The van der Waals surface area contributed by atoms with E-state index in [1.807, 2.05) is 55.5 Å². The lowest BCUT2D eigenvalue weighted by Gasteiger charge is -2.45. The molecule has 0 amide bonds. The number of hydrogen-bond acceptors (Lipinski definition) is 10. The van der Waals surface area contributed by atoms with E-state index in [1.54, 1.807) is 0 Å².